The maximum atomic E-state index is 9.20. The summed E-state index contributed by atoms with van der Waals surface area (Å²) in [7, 11) is 3.51. The molecule has 21 heavy (non-hydrogen) atoms. The Bertz CT molecular complexity index is 877. The van der Waals surface area contributed by atoms with Gasteiger partial charge in [-0.2, -0.15) is 5.26 Å². The molecule has 5 heteroatoms. The molecule has 3 aromatic rings. The molecule has 3 rings (SSSR count). The van der Waals surface area contributed by atoms with E-state index >= 15 is 0 Å². The van der Waals surface area contributed by atoms with Crippen LogP contribution in [0, 0.1) is 11.3 Å². The second-order valence-electron chi connectivity index (χ2n) is 4.64. The van der Waals surface area contributed by atoms with E-state index in [0.717, 1.165) is 22.3 Å². The number of fused-ring (bicyclic) bond motifs is 1. The average Bonchev–Trinajstić information content (AvgIpc) is 2.83. The molecule has 104 valence electrons. The molecule has 0 aliphatic rings. The highest BCUT2D eigenvalue weighted by molar-refractivity contribution is 6.31. The van der Waals surface area contributed by atoms with Gasteiger partial charge in [0, 0.05) is 18.8 Å². The Labute approximate surface area is 127 Å². The van der Waals surface area contributed by atoms with Crippen LogP contribution in [-0.2, 0) is 7.05 Å². The lowest BCUT2D eigenvalue weighted by atomic mass is 10.1. The lowest BCUT2D eigenvalue weighted by Gasteiger charge is -2.11. The zero-order valence-electron chi connectivity index (χ0n) is 11.6. The van der Waals surface area contributed by atoms with Crippen LogP contribution in [0.3, 0.4) is 0 Å². The fourth-order valence-corrected chi connectivity index (χ4v) is 2.63. The Balaban J connectivity index is 2.31. The van der Waals surface area contributed by atoms with Gasteiger partial charge in [-0.3, -0.25) is 4.98 Å². The van der Waals surface area contributed by atoms with Gasteiger partial charge in [0.2, 0.25) is 0 Å². The maximum Gasteiger partial charge on any atom is 0.145 e. The predicted octanol–water partition coefficient (Wildman–Crippen LogP) is 3.77. The predicted molar refractivity (Wildman–Crippen MR) is 82.4 cm³/mol. The molecular weight excluding hydrogens is 286 g/mol. The van der Waals surface area contributed by atoms with Crippen molar-refractivity contribution in [3.8, 4) is 23.1 Å². The molecule has 0 bridgehead atoms. The van der Waals surface area contributed by atoms with Gasteiger partial charge in [0.25, 0.3) is 0 Å². The molecule has 0 aliphatic carbocycles. The highest BCUT2D eigenvalue weighted by Crippen LogP contribution is 2.35. The topological polar surface area (TPSA) is 50.8 Å². The normalized spacial score (nSPS) is 10.6. The molecule has 4 nitrogen and oxygen atoms in total. The first-order valence-electron chi connectivity index (χ1n) is 6.34. The van der Waals surface area contributed by atoms with Crippen LogP contribution in [0.15, 0.2) is 36.5 Å². The van der Waals surface area contributed by atoms with Crippen molar-refractivity contribution in [2.75, 3.05) is 7.11 Å². The van der Waals surface area contributed by atoms with Gasteiger partial charge in [0.05, 0.1) is 34.4 Å². The van der Waals surface area contributed by atoms with E-state index in [-0.39, 0.29) is 0 Å². The number of para-hydroxylation sites is 1. The molecule has 0 N–H and O–H groups in total. The number of methoxy groups -OCH3 is 1. The summed E-state index contributed by atoms with van der Waals surface area (Å²) < 4.78 is 7.41. The number of benzene rings is 1. The largest absolute Gasteiger partial charge is 0.495 e. The molecule has 0 amide bonds. The summed E-state index contributed by atoms with van der Waals surface area (Å²) in [4.78, 5) is 4.33. The smallest absolute Gasteiger partial charge is 0.145 e. The van der Waals surface area contributed by atoms with E-state index in [2.05, 4.69) is 11.1 Å². The van der Waals surface area contributed by atoms with Crippen LogP contribution in [0.4, 0.5) is 0 Å². The van der Waals surface area contributed by atoms with Crippen molar-refractivity contribution in [2.24, 2.45) is 7.05 Å². The van der Waals surface area contributed by atoms with Gasteiger partial charge in [0.1, 0.15) is 11.8 Å². The number of nitrogens with zero attached hydrogens (tertiary/aromatic N) is 3. The molecule has 2 heterocycles. The van der Waals surface area contributed by atoms with Crippen LogP contribution in [0.25, 0.3) is 22.3 Å². The van der Waals surface area contributed by atoms with Crippen LogP contribution in [0.5, 0.6) is 5.75 Å². The average molecular weight is 298 g/mol. The van der Waals surface area contributed by atoms with Crippen LogP contribution < -0.4 is 4.74 Å². The van der Waals surface area contributed by atoms with Gasteiger partial charge in [-0.1, -0.05) is 17.7 Å². The molecule has 1 aromatic carbocycles. The van der Waals surface area contributed by atoms with Crippen LogP contribution >= 0.6 is 11.6 Å². The summed E-state index contributed by atoms with van der Waals surface area (Å²) >= 11 is 6.01. The molecule has 0 saturated heterocycles. The molecule has 0 unspecified atom stereocenters. The van der Waals surface area contributed by atoms with Crippen molar-refractivity contribution >= 4 is 22.6 Å². The first kappa shape index (κ1) is 13.5. The second-order valence-corrected chi connectivity index (χ2v) is 5.08. The minimum atomic E-state index is 0.506. The fourth-order valence-electron chi connectivity index (χ4n) is 2.48. The van der Waals surface area contributed by atoms with E-state index in [1.165, 1.54) is 0 Å². The number of pyridine rings is 1. The van der Waals surface area contributed by atoms with E-state index in [1.54, 1.807) is 19.4 Å². The van der Waals surface area contributed by atoms with E-state index in [1.807, 2.05) is 35.9 Å². The van der Waals surface area contributed by atoms with Crippen molar-refractivity contribution in [2.45, 2.75) is 0 Å². The Morgan fingerprint density at radius 2 is 2.14 bits per heavy atom. The van der Waals surface area contributed by atoms with Crippen molar-refractivity contribution in [1.82, 2.24) is 9.55 Å². The molecule has 0 saturated carbocycles. The molecule has 0 spiro atoms. The molecule has 0 radical (unpaired) electrons. The van der Waals surface area contributed by atoms with Crippen molar-refractivity contribution in [3.63, 3.8) is 0 Å². The number of rotatable bonds is 2. The third-order valence-electron chi connectivity index (χ3n) is 3.48. The molecular formula is C16H12ClN3O. The third-order valence-corrected chi connectivity index (χ3v) is 3.68. The summed E-state index contributed by atoms with van der Waals surface area (Å²) in [5.41, 5.74) is 4.07. The number of hydrogen-bond donors (Lipinski definition) is 0. The maximum absolute atomic E-state index is 9.20. The van der Waals surface area contributed by atoms with E-state index in [4.69, 9.17) is 16.3 Å². The quantitative estimate of drug-likeness (QED) is 0.723. The summed E-state index contributed by atoms with van der Waals surface area (Å²) in [5, 5.41) is 9.79. The Morgan fingerprint density at radius 3 is 2.86 bits per heavy atom. The zero-order chi connectivity index (χ0) is 15.0. The Kier molecular flexibility index (Phi) is 3.28. The fraction of sp³-hybridized carbons (Fsp3) is 0.125. The van der Waals surface area contributed by atoms with Crippen LogP contribution in [0.2, 0.25) is 5.02 Å². The molecule has 2 aromatic heterocycles. The van der Waals surface area contributed by atoms with Crippen molar-refractivity contribution in [3.05, 3.63) is 47.1 Å². The van der Waals surface area contributed by atoms with Gasteiger partial charge < -0.3 is 9.30 Å². The first-order chi connectivity index (χ1) is 10.2. The molecule has 0 atom stereocenters. The van der Waals surface area contributed by atoms with E-state index < -0.39 is 0 Å². The Hall–Kier alpha value is -2.51. The summed E-state index contributed by atoms with van der Waals surface area (Å²) in [6, 6.07) is 11.5. The number of halogens is 1. The number of nitriles is 1. The first-order valence-corrected chi connectivity index (χ1v) is 6.72. The number of aromatic nitrogens is 2. The molecule has 0 fully saturated rings. The monoisotopic (exact) mass is 297 g/mol. The van der Waals surface area contributed by atoms with Gasteiger partial charge >= 0.3 is 0 Å². The number of hydrogen-bond acceptors (Lipinski definition) is 3. The Morgan fingerprint density at radius 1 is 1.33 bits per heavy atom. The van der Waals surface area contributed by atoms with Gasteiger partial charge in [-0.25, -0.2) is 0 Å². The third kappa shape index (κ3) is 2.12. The SMILES string of the molecule is COc1c(C#N)cccc1-c1cc2ncc(Cl)cc2n1C. The van der Waals surface area contributed by atoms with E-state index in [0.29, 0.717) is 16.3 Å². The van der Waals surface area contributed by atoms with Crippen LogP contribution in [0.1, 0.15) is 5.56 Å². The summed E-state index contributed by atoms with van der Waals surface area (Å²) in [5.74, 6) is 0.567. The van der Waals surface area contributed by atoms with Gasteiger partial charge in [-0.05, 0) is 24.3 Å². The van der Waals surface area contributed by atoms with Crippen molar-refractivity contribution in [1.29, 1.82) is 5.26 Å². The summed E-state index contributed by atoms with van der Waals surface area (Å²) in [6.07, 6.45) is 1.62. The van der Waals surface area contributed by atoms with Gasteiger partial charge in [-0.15, -0.1) is 0 Å². The van der Waals surface area contributed by atoms with Gasteiger partial charge in [0.15, 0.2) is 0 Å². The van der Waals surface area contributed by atoms with E-state index in [9.17, 15) is 5.26 Å². The van der Waals surface area contributed by atoms with Crippen LogP contribution in [-0.4, -0.2) is 16.7 Å². The molecule has 0 aliphatic heterocycles. The summed E-state index contributed by atoms with van der Waals surface area (Å²) in [6.45, 7) is 0. The zero-order valence-corrected chi connectivity index (χ0v) is 12.3. The minimum Gasteiger partial charge on any atom is -0.495 e. The second kappa shape index (κ2) is 5.12. The number of aryl methyl sites for hydroxylation is 1. The lowest BCUT2D eigenvalue weighted by Crippen LogP contribution is -1.96. The standard InChI is InChI=1S/C16H12ClN3O/c1-20-14(7-13-15(20)6-11(17)9-19-13)12-5-3-4-10(8-18)16(12)21-2/h3-7,9H,1-2H3. The highest BCUT2D eigenvalue weighted by atomic mass is 35.5. The minimum absolute atomic E-state index is 0.506. The number of ether oxygens (including phenoxy) is 1. The highest BCUT2D eigenvalue weighted by Gasteiger charge is 2.15. The lowest BCUT2D eigenvalue weighted by molar-refractivity contribution is 0.415. The van der Waals surface area contributed by atoms with Crippen molar-refractivity contribution < 1.29 is 4.74 Å².